The zero-order chi connectivity index (χ0) is 19.6. The molecule has 0 radical (unpaired) electrons. The first-order valence-corrected chi connectivity index (χ1v) is 10.4. The summed E-state index contributed by atoms with van der Waals surface area (Å²) in [5, 5.41) is 8.21. The maximum absolute atomic E-state index is 12.9. The monoisotopic (exact) mass is 410 g/mol. The van der Waals surface area contributed by atoms with E-state index in [4.69, 9.17) is 11.6 Å². The van der Waals surface area contributed by atoms with Gasteiger partial charge in [-0.2, -0.15) is 0 Å². The molecule has 0 spiro atoms. The van der Waals surface area contributed by atoms with E-state index in [2.05, 4.69) is 10.6 Å². The standard InChI is InChI=1S/C22H19ClN2O2S/c23-17-10-9-15(14-18(17)24-21(27)19-8-4-13-28-19)20(26)25-22(11-5-12-22)16-6-2-1-3-7-16/h1-4,6-10,13-14H,5,11-12H2,(H,24,27)(H,25,26). The van der Waals surface area contributed by atoms with E-state index in [1.54, 1.807) is 24.3 Å². The van der Waals surface area contributed by atoms with Gasteiger partial charge in [-0.3, -0.25) is 9.59 Å². The van der Waals surface area contributed by atoms with Crippen LogP contribution in [0.25, 0.3) is 0 Å². The molecule has 1 fully saturated rings. The summed E-state index contributed by atoms with van der Waals surface area (Å²) in [6.45, 7) is 0. The van der Waals surface area contributed by atoms with Gasteiger partial charge < -0.3 is 10.6 Å². The van der Waals surface area contributed by atoms with Gasteiger partial charge in [0.25, 0.3) is 11.8 Å². The summed E-state index contributed by atoms with van der Waals surface area (Å²) in [5.74, 6) is -0.416. The Morgan fingerprint density at radius 3 is 2.39 bits per heavy atom. The van der Waals surface area contributed by atoms with Crippen molar-refractivity contribution in [1.29, 1.82) is 0 Å². The van der Waals surface area contributed by atoms with Crippen LogP contribution in [-0.2, 0) is 5.54 Å². The van der Waals surface area contributed by atoms with Crippen molar-refractivity contribution in [3.63, 3.8) is 0 Å². The van der Waals surface area contributed by atoms with Gasteiger partial charge >= 0.3 is 0 Å². The van der Waals surface area contributed by atoms with E-state index in [0.717, 1.165) is 24.8 Å². The van der Waals surface area contributed by atoms with Crippen molar-refractivity contribution in [2.75, 3.05) is 5.32 Å². The Bertz CT molecular complexity index is 999. The predicted octanol–water partition coefficient (Wildman–Crippen LogP) is 5.46. The van der Waals surface area contributed by atoms with Crippen molar-refractivity contribution >= 4 is 40.4 Å². The third-order valence-electron chi connectivity index (χ3n) is 5.11. The fourth-order valence-corrected chi connectivity index (χ4v) is 4.20. The molecule has 142 valence electrons. The molecule has 0 atom stereocenters. The highest BCUT2D eigenvalue weighted by atomic mass is 35.5. The van der Waals surface area contributed by atoms with Gasteiger partial charge in [-0.25, -0.2) is 0 Å². The molecule has 1 saturated carbocycles. The molecule has 0 unspecified atom stereocenters. The maximum Gasteiger partial charge on any atom is 0.265 e. The van der Waals surface area contributed by atoms with E-state index >= 15 is 0 Å². The molecule has 3 aromatic rings. The van der Waals surface area contributed by atoms with Crippen molar-refractivity contribution in [1.82, 2.24) is 5.32 Å². The Hall–Kier alpha value is -2.63. The molecule has 2 amide bonds. The minimum Gasteiger partial charge on any atom is -0.343 e. The molecular weight excluding hydrogens is 392 g/mol. The number of thiophene rings is 1. The lowest BCUT2D eigenvalue weighted by Crippen LogP contribution is -2.50. The summed E-state index contributed by atoms with van der Waals surface area (Å²) in [6, 6.07) is 18.5. The lowest BCUT2D eigenvalue weighted by molar-refractivity contribution is 0.0823. The SMILES string of the molecule is O=C(NC1(c2ccccc2)CCC1)c1ccc(Cl)c(NC(=O)c2cccs2)c1. The molecule has 2 N–H and O–H groups in total. The summed E-state index contributed by atoms with van der Waals surface area (Å²) in [7, 11) is 0. The average molecular weight is 411 g/mol. The van der Waals surface area contributed by atoms with Crippen LogP contribution in [0.15, 0.2) is 66.0 Å². The predicted molar refractivity (Wildman–Crippen MR) is 113 cm³/mol. The van der Waals surface area contributed by atoms with Gasteiger partial charge in [-0.05, 0) is 54.5 Å². The highest BCUT2D eigenvalue weighted by Crippen LogP contribution is 2.41. The zero-order valence-electron chi connectivity index (χ0n) is 15.1. The molecule has 1 aliphatic carbocycles. The van der Waals surface area contributed by atoms with E-state index in [9.17, 15) is 9.59 Å². The van der Waals surface area contributed by atoms with Gasteiger partial charge in [0.2, 0.25) is 0 Å². The normalized spacial score (nSPS) is 14.8. The van der Waals surface area contributed by atoms with Crippen LogP contribution in [-0.4, -0.2) is 11.8 Å². The third-order valence-corrected chi connectivity index (χ3v) is 6.31. The minimum absolute atomic E-state index is 0.174. The van der Waals surface area contributed by atoms with Crippen LogP contribution in [0.4, 0.5) is 5.69 Å². The second kappa shape index (κ2) is 7.78. The van der Waals surface area contributed by atoms with Crippen molar-refractivity contribution in [2.45, 2.75) is 24.8 Å². The number of benzene rings is 2. The summed E-state index contributed by atoms with van der Waals surface area (Å²) in [6.07, 6.45) is 2.91. The van der Waals surface area contributed by atoms with Gasteiger partial charge in [-0.1, -0.05) is 48.0 Å². The highest BCUT2D eigenvalue weighted by Gasteiger charge is 2.40. The molecule has 0 aliphatic heterocycles. The molecule has 1 heterocycles. The first-order valence-electron chi connectivity index (χ1n) is 9.10. The van der Waals surface area contributed by atoms with Crippen LogP contribution < -0.4 is 10.6 Å². The fourth-order valence-electron chi connectivity index (χ4n) is 3.42. The lowest BCUT2D eigenvalue weighted by Gasteiger charge is -2.43. The smallest absolute Gasteiger partial charge is 0.265 e. The highest BCUT2D eigenvalue weighted by molar-refractivity contribution is 7.12. The van der Waals surface area contributed by atoms with Gasteiger partial charge in [0.05, 0.1) is 21.1 Å². The molecule has 4 rings (SSSR count). The quantitative estimate of drug-likeness (QED) is 0.586. The second-order valence-electron chi connectivity index (χ2n) is 6.88. The Morgan fingerprint density at radius 1 is 0.964 bits per heavy atom. The number of halogens is 1. The maximum atomic E-state index is 12.9. The Kier molecular flexibility index (Phi) is 5.20. The zero-order valence-corrected chi connectivity index (χ0v) is 16.6. The Balaban J connectivity index is 1.54. The number of rotatable bonds is 5. The molecule has 4 nitrogen and oxygen atoms in total. The number of carbonyl (C=O) groups excluding carboxylic acids is 2. The average Bonchev–Trinajstić information content (AvgIpc) is 3.22. The van der Waals surface area contributed by atoms with Gasteiger partial charge in [0.1, 0.15) is 0 Å². The van der Waals surface area contributed by atoms with Crippen LogP contribution in [0.3, 0.4) is 0 Å². The number of carbonyl (C=O) groups is 2. The topological polar surface area (TPSA) is 58.2 Å². The van der Waals surface area contributed by atoms with E-state index in [1.807, 2.05) is 41.8 Å². The van der Waals surface area contributed by atoms with E-state index in [-0.39, 0.29) is 17.4 Å². The molecule has 2 aromatic carbocycles. The fraction of sp³-hybridized carbons (Fsp3) is 0.182. The summed E-state index contributed by atoms with van der Waals surface area (Å²) in [4.78, 5) is 25.8. The Morgan fingerprint density at radius 2 is 1.75 bits per heavy atom. The molecule has 1 aliphatic rings. The van der Waals surface area contributed by atoms with Crippen LogP contribution in [0.1, 0.15) is 44.9 Å². The van der Waals surface area contributed by atoms with Crippen LogP contribution >= 0.6 is 22.9 Å². The largest absolute Gasteiger partial charge is 0.343 e. The van der Waals surface area contributed by atoms with Gasteiger partial charge in [0, 0.05) is 5.56 Å². The van der Waals surface area contributed by atoms with Gasteiger partial charge in [-0.15, -0.1) is 11.3 Å². The Labute approximate surface area is 172 Å². The molecular formula is C22H19ClN2O2S. The van der Waals surface area contributed by atoms with Crippen LogP contribution in [0.2, 0.25) is 5.02 Å². The van der Waals surface area contributed by atoms with Crippen LogP contribution in [0.5, 0.6) is 0 Å². The first-order chi connectivity index (χ1) is 13.6. The van der Waals surface area contributed by atoms with Crippen molar-refractivity contribution in [2.24, 2.45) is 0 Å². The van der Waals surface area contributed by atoms with Crippen molar-refractivity contribution in [3.05, 3.63) is 87.1 Å². The minimum atomic E-state index is -0.321. The summed E-state index contributed by atoms with van der Waals surface area (Å²) < 4.78 is 0. The molecule has 0 saturated heterocycles. The molecule has 28 heavy (non-hydrogen) atoms. The van der Waals surface area contributed by atoms with E-state index < -0.39 is 0 Å². The van der Waals surface area contributed by atoms with E-state index in [0.29, 0.717) is 21.2 Å². The van der Waals surface area contributed by atoms with Crippen molar-refractivity contribution in [3.8, 4) is 0 Å². The lowest BCUT2D eigenvalue weighted by atomic mass is 9.71. The molecule has 1 aromatic heterocycles. The van der Waals surface area contributed by atoms with Gasteiger partial charge in [0.15, 0.2) is 0 Å². The first kappa shape index (κ1) is 18.7. The molecule has 6 heteroatoms. The number of nitrogens with one attached hydrogen (secondary N) is 2. The summed E-state index contributed by atoms with van der Waals surface area (Å²) in [5.41, 5.74) is 1.69. The number of hydrogen-bond acceptors (Lipinski definition) is 3. The number of amides is 2. The van der Waals surface area contributed by atoms with Crippen molar-refractivity contribution < 1.29 is 9.59 Å². The third kappa shape index (κ3) is 3.68. The van der Waals surface area contributed by atoms with Crippen LogP contribution in [0, 0.1) is 0 Å². The second-order valence-corrected chi connectivity index (χ2v) is 8.24. The van der Waals surface area contributed by atoms with E-state index in [1.165, 1.54) is 11.3 Å². The summed E-state index contributed by atoms with van der Waals surface area (Å²) >= 11 is 7.58. The number of anilines is 1. The number of hydrogen-bond donors (Lipinski definition) is 2. The molecule has 0 bridgehead atoms.